The standard InChI is InChI=1S/C31H24F2N4O3/c1-17-3-4-20(30(39)37(23-10-11-23)31-35-15-22(33)16-36-31)14-24(17)19-7-12-26-25(13-19)27(29(38)34-2)28(40-26)18-5-8-21(32)9-6-18/h3-9,12-16,23H,10-11H2,1-2H3,(H,34,38). The summed E-state index contributed by atoms with van der Waals surface area (Å²) in [7, 11) is 1.54. The quantitative estimate of drug-likeness (QED) is 0.274. The van der Waals surface area contributed by atoms with Crippen LogP contribution in [0.5, 0.6) is 0 Å². The molecule has 7 nitrogen and oxygen atoms in total. The molecule has 40 heavy (non-hydrogen) atoms. The number of carbonyl (C=O) groups is 2. The smallest absolute Gasteiger partial charge is 0.260 e. The SMILES string of the molecule is CNC(=O)c1c(-c2ccc(F)cc2)oc2ccc(-c3cc(C(=O)N(c4ncc(F)cn4)C4CC4)ccc3C)cc12. The molecule has 0 radical (unpaired) electrons. The van der Waals surface area contributed by atoms with Crippen molar-refractivity contribution in [2.75, 3.05) is 11.9 Å². The first-order valence-electron chi connectivity index (χ1n) is 12.8. The zero-order valence-electron chi connectivity index (χ0n) is 21.7. The van der Waals surface area contributed by atoms with Crippen molar-refractivity contribution < 1.29 is 22.8 Å². The van der Waals surface area contributed by atoms with Crippen LogP contribution >= 0.6 is 0 Å². The number of aryl methyl sites for hydroxylation is 1. The lowest BCUT2D eigenvalue weighted by molar-refractivity contribution is 0.0961. The first-order chi connectivity index (χ1) is 19.3. The lowest BCUT2D eigenvalue weighted by atomic mass is 9.95. The number of furan rings is 1. The Hall–Kier alpha value is -4.92. The third-order valence-corrected chi connectivity index (χ3v) is 7.00. The number of benzene rings is 3. The van der Waals surface area contributed by atoms with E-state index in [0.29, 0.717) is 33.4 Å². The number of fused-ring (bicyclic) bond motifs is 1. The Balaban J connectivity index is 1.43. The van der Waals surface area contributed by atoms with E-state index in [-0.39, 0.29) is 29.6 Å². The fourth-order valence-electron chi connectivity index (χ4n) is 4.81. The van der Waals surface area contributed by atoms with E-state index >= 15 is 0 Å². The lowest BCUT2D eigenvalue weighted by Gasteiger charge is -2.21. The van der Waals surface area contributed by atoms with Gasteiger partial charge >= 0.3 is 0 Å². The second kappa shape index (κ2) is 10.00. The van der Waals surface area contributed by atoms with Gasteiger partial charge < -0.3 is 9.73 Å². The molecule has 0 aliphatic heterocycles. The van der Waals surface area contributed by atoms with Crippen LogP contribution in [-0.4, -0.2) is 34.9 Å². The molecule has 200 valence electrons. The molecule has 0 bridgehead atoms. The summed E-state index contributed by atoms with van der Waals surface area (Å²) in [5.74, 6) is -1.07. The molecule has 2 heterocycles. The molecule has 1 aliphatic rings. The van der Waals surface area contributed by atoms with Gasteiger partial charge in [-0.1, -0.05) is 12.1 Å². The zero-order chi connectivity index (χ0) is 28.0. The van der Waals surface area contributed by atoms with Crippen LogP contribution in [0.2, 0.25) is 0 Å². The molecule has 1 aliphatic carbocycles. The molecule has 0 atom stereocenters. The third-order valence-electron chi connectivity index (χ3n) is 7.00. The average Bonchev–Trinajstić information content (AvgIpc) is 3.73. The van der Waals surface area contributed by atoms with E-state index in [2.05, 4.69) is 15.3 Å². The number of anilines is 1. The number of nitrogens with one attached hydrogen (secondary N) is 1. The van der Waals surface area contributed by atoms with Crippen LogP contribution in [-0.2, 0) is 0 Å². The molecule has 6 rings (SSSR count). The van der Waals surface area contributed by atoms with Gasteiger partial charge in [0.25, 0.3) is 11.8 Å². The number of amides is 2. The van der Waals surface area contributed by atoms with Crippen LogP contribution in [0.25, 0.3) is 33.4 Å². The number of rotatable bonds is 6. The van der Waals surface area contributed by atoms with Crippen LogP contribution < -0.4 is 10.2 Å². The van der Waals surface area contributed by atoms with Crippen molar-refractivity contribution in [3.63, 3.8) is 0 Å². The maximum atomic E-state index is 13.6. The second-order valence-corrected chi connectivity index (χ2v) is 9.74. The van der Waals surface area contributed by atoms with Crippen molar-refractivity contribution in [3.8, 4) is 22.5 Å². The van der Waals surface area contributed by atoms with E-state index in [1.807, 2.05) is 25.1 Å². The van der Waals surface area contributed by atoms with Gasteiger partial charge in [-0.05, 0) is 85.0 Å². The van der Waals surface area contributed by atoms with Crippen LogP contribution in [0.3, 0.4) is 0 Å². The van der Waals surface area contributed by atoms with Crippen LogP contribution in [0.15, 0.2) is 77.5 Å². The van der Waals surface area contributed by atoms with Gasteiger partial charge in [0, 0.05) is 29.6 Å². The molecular weight excluding hydrogens is 514 g/mol. The number of carbonyl (C=O) groups excluding carboxylic acids is 2. The minimum absolute atomic E-state index is 0.0370. The molecule has 2 amide bonds. The number of aromatic nitrogens is 2. The summed E-state index contributed by atoms with van der Waals surface area (Å²) in [5.41, 5.74) is 4.36. The van der Waals surface area contributed by atoms with E-state index in [1.165, 1.54) is 24.1 Å². The number of halogens is 2. The first kappa shape index (κ1) is 25.4. The maximum absolute atomic E-state index is 13.6. The minimum atomic E-state index is -0.571. The van der Waals surface area contributed by atoms with Crippen molar-refractivity contribution in [3.05, 3.63) is 101 Å². The highest BCUT2D eigenvalue weighted by Gasteiger charge is 2.36. The van der Waals surface area contributed by atoms with Crippen molar-refractivity contribution in [1.82, 2.24) is 15.3 Å². The minimum Gasteiger partial charge on any atom is -0.455 e. The Labute approximate surface area is 228 Å². The third kappa shape index (κ3) is 4.59. The van der Waals surface area contributed by atoms with Crippen LogP contribution in [0, 0.1) is 18.6 Å². The lowest BCUT2D eigenvalue weighted by Crippen LogP contribution is -2.34. The Morgan fingerprint density at radius 3 is 2.30 bits per heavy atom. The Morgan fingerprint density at radius 2 is 1.62 bits per heavy atom. The Kier molecular flexibility index (Phi) is 6.34. The Bertz CT molecular complexity index is 1760. The summed E-state index contributed by atoms with van der Waals surface area (Å²) in [5, 5.41) is 3.25. The molecule has 0 unspecified atom stereocenters. The molecule has 1 fully saturated rings. The summed E-state index contributed by atoms with van der Waals surface area (Å²) in [6.07, 6.45) is 3.74. The topological polar surface area (TPSA) is 88.3 Å². The molecule has 0 spiro atoms. The van der Waals surface area contributed by atoms with Crippen molar-refractivity contribution in [2.45, 2.75) is 25.8 Å². The highest BCUT2D eigenvalue weighted by molar-refractivity contribution is 6.12. The van der Waals surface area contributed by atoms with Crippen LogP contribution in [0.1, 0.15) is 39.1 Å². The monoisotopic (exact) mass is 538 g/mol. The predicted molar refractivity (Wildman–Crippen MR) is 147 cm³/mol. The summed E-state index contributed by atoms with van der Waals surface area (Å²) in [4.78, 5) is 36.2. The fraction of sp³-hybridized carbons (Fsp3) is 0.161. The van der Waals surface area contributed by atoms with Crippen molar-refractivity contribution in [2.24, 2.45) is 0 Å². The van der Waals surface area contributed by atoms with Crippen LogP contribution in [0.4, 0.5) is 14.7 Å². The fourth-order valence-corrected chi connectivity index (χ4v) is 4.81. The molecule has 1 saturated carbocycles. The highest BCUT2D eigenvalue weighted by Crippen LogP contribution is 2.37. The van der Waals surface area contributed by atoms with Gasteiger partial charge in [-0.2, -0.15) is 0 Å². The van der Waals surface area contributed by atoms with Gasteiger partial charge in [0.05, 0.1) is 18.0 Å². The van der Waals surface area contributed by atoms with Gasteiger partial charge in [-0.3, -0.25) is 14.5 Å². The molecule has 5 aromatic rings. The summed E-state index contributed by atoms with van der Waals surface area (Å²) in [6.45, 7) is 1.94. The molecule has 1 N–H and O–H groups in total. The molecule has 9 heteroatoms. The summed E-state index contributed by atoms with van der Waals surface area (Å²) in [6, 6.07) is 16.6. The van der Waals surface area contributed by atoms with E-state index in [4.69, 9.17) is 4.42 Å². The predicted octanol–water partition coefficient (Wildman–Crippen LogP) is 6.31. The van der Waals surface area contributed by atoms with E-state index in [9.17, 15) is 18.4 Å². The highest BCUT2D eigenvalue weighted by atomic mass is 19.1. The normalized spacial score (nSPS) is 12.9. The van der Waals surface area contributed by atoms with E-state index in [0.717, 1.165) is 41.9 Å². The van der Waals surface area contributed by atoms with Gasteiger partial charge in [0.15, 0.2) is 5.82 Å². The summed E-state index contributed by atoms with van der Waals surface area (Å²) < 4.78 is 33.0. The Morgan fingerprint density at radius 1 is 0.925 bits per heavy atom. The molecule has 2 aromatic heterocycles. The van der Waals surface area contributed by atoms with E-state index in [1.54, 1.807) is 30.3 Å². The van der Waals surface area contributed by atoms with Crippen molar-refractivity contribution in [1.29, 1.82) is 0 Å². The summed E-state index contributed by atoms with van der Waals surface area (Å²) >= 11 is 0. The number of hydrogen-bond donors (Lipinski definition) is 1. The largest absolute Gasteiger partial charge is 0.455 e. The zero-order valence-corrected chi connectivity index (χ0v) is 21.7. The molecular formula is C31H24F2N4O3. The number of hydrogen-bond acceptors (Lipinski definition) is 5. The maximum Gasteiger partial charge on any atom is 0.260 e. The second-order valence-electron chi connectivity index (χ2n) is 9.74. The first-order valence-corrected chi connectivity index (χ1v) is 12.8. The average molecular weight is 539 g/mol. The molecule has 0 saturated heterocycles. The van der Waals surface area contributed by atoms with Crippen molar-refractivity contribution >= 4 is 28.7 Å². The molecule has 3 aromatic carbocycles. The van der Waals surface area contributed by atoms with Gasteiger partial charge in [-0.25, -0.2) is 18.7 Å². The number of nitrogens with zero attached hydrogens (tertiary/aromatic N) is 3. The van der Waals surface area contributed by atoms with Gasteiger partial charge in [0.1, 0.15) is 17.2 Å². The van der Waals surface area contributed by atoms with E-state index < -0.39 is 5.82 Å². The van der Waals surface area contributed by atoms with Gasteiger partial charge in [-0.15, -0.1) is 0 Å². The van der Waals surface area contributed by atoms with Gasteiger partial charge in [0.2, 0.25) is 5.95 Å².